The molecule has 0 saturated carbocycles. The van der Waals surface area contributed by atoms with Crippen LogP contribution in [0, 0.1) is 12.7 Å². The van der Waals surface area contributed by atoms with Crippen molar-refractivity contribution < 1.29 is 14.0 Å². The van der Waals surface area contributed by atoms with E-state index < -0.39 is 0 Å². The number of fused-ring (bicyclic) bond motifs is 2. The van der Waals surface area contributed by atoms with Crippen LogP contribution in [0.2, 0.25) is 0 Å². The summed E-state index contributed by atoms with van der Waals surface area (Å²) in [4.78, 5) is 27.2. The van der Waals surface area contributed by atoms with Gasteiger partial charge in [0.05, 0.1) is 0 Å². The number of carbonyl (C=O) groups is 2. The van der Waals surface area contributed by atoms with E-state index in [1.807, 2.05) is 36.1 Å². The van der Waals surface area contributed by atoms with Gasteiger partial charge in [0.15, 0.2) is 0 Å². The zero-order chi connectivity index (χ0) is 20.4. The topological polar surface area (TPSA) is 61.4 Å². The second-order valence-electron chi connectivity index (χ2n) is 8.09. The number of urea groups is 1. The molecule has 2 N–H and O–H groups in total. The minimum Gasteiger partial charge on any atom is -0.349 e. The van der Waals surface area contributed by atoms with Gasteiger partial charge in [-0.05, 0) is 62.4 Å². The molecule has 2 fully saturated rings. The van der Waals surface area contributed by atoms with E-state index in [9.17, 15) is 14.0 Å². The number of rotatable bonds is 4. The lowest BCUT2D eigenvalue weighted by Gasteiger charge is -2.39. The minimum absolute atomic E-state index is 0.0265. The quantitative estimate of drug-likeness (QED) is 0.828. The van der Waals surface area contributed by atoms with Crippen molar-refractivity contribution in [1.29, 1.82) is 0 Å². The molecule has 4 rings (SSSR count). The molecular formula is C23H26FN3O2. The monoisotopic (exact) mass is 395 g/mol. The van der Waals surface area contributed by atoms with E-state index in [1.54, 1.807) is 0 Å². The van der Waals surface area contributed by atoms with Crippen molar-refractivity contribution in [3.8, 4) is 0 Å². The van der Waals surface area contributed by atoms with Gasteiger partial charge in [0.25, 0.3) is 5.91 Å². The molecule has 0 aliphatic carbocycles. The highest BCUT2D eigenvalue weighted by Gasteiger charge is 2.43. The summed E-state index contributed by atoms with van der Waals surface area (Å²) in [5.41, 5.74) is 2.73. The molecular weight excluding hydrogens is 369 g/mol. The SMILES string of the molecule is Cc1ccc(CNC(=O)N2C3CCC2CC(NC(=O)c2ccc(F)cc2)C3)cc1. The molecule has 2 aliphatic heterocycles. The van der Waals surface area contributed by atoms with Crippen LogP contribution in [0.25, 0.3) is 0 Å². The molecule has 0 radical (unpaired) electrons. The number of halogens is 1. The second kappa shape index (κ2) is 8.23. The molecule has 152 valence electrons. The molecule has 0 aromatic heterocycles. The molecule has 29 heavy (non-hydrogen) atoms. The fraction of sp³-hybridized carbons (Fsp3) is 0.391. The maximum Gasteiger partial charge on any atom is 0.318 e. The molecule has 2 heterocycles. The molecule has 2 unspecified atom stereocenters. The maximum atomic E-state index is 13.1. The lowest BCUT2D eigenvalue weighted by Crippen LogP contribution is -2.54. The van der Waals surface area contributed by atoms with Gasteiger partial charge in [-0.15, -0.1) is 0 Å². The zero-order valence-electron chi connectivity index (χ0n) is 16.5. The smallest absolute Gasteiger partial charge is 0.318 e. The Kier molecular flexibility index (Phi) is 5.51. The summed E-state index contributed by atoms with van der Waals surface area (Å²) in [5.74, 6) is -0.545. The van der Waals surface area contributed by atoms with Crippen LogP contribution in [-0.2, 0) is 6.54 Å². The van der Waals surface area contributed by atoms with Gasteiger partial charge >= 0.3 is 6.03 Å². The van der Waals surface area contributed by atoms with Crippen molar-refractivity contribution >= 4 is 11.9 Å². The summed E-state index contributed by atoms with van der Waals surface area (Å²) < 4.78 is 13.1. The lowest BCUT2D eigenvalue weighted by molar-refractivity contribution is 0.0884. The van der Waals surface area contributed by atoms with Crippen molar-refractivity contribution in [1.82, 2.24) is 15.5 Å². The molecule has 5 nitrogen and oxygen atoms in total. The predicted molar refractivity (Wildman–Crippen MR) is 109 cm³/mol. The third-order valence-corrected chi connectivity index (χ3v) is 5.97. The number of aryl methyl sites for hydroxylation is 1. The molecule has 0 spiro atoms. The average Bonchev–Trinajstić information content (AvgIpc) is 2.98. The molecule has 2 aliphatic rings. The Hall–Kier alpha value is -2.89. The number of hydrogen-bond acceptors (Lipinski definition) is 2. The van der Waals surface area contributed by atoms with E-state index in [4.69, 9.17) is 0 Å². The highest BCUT2D eigenvalue weighted by atomic mass is 19.1. The average molecular weight is 395 g/mol. The van der Waals surface area contributed by atoms with E-state index in [1.165, 1.54) is 29.8 Å². The van der Waals surface area contributed by atoms with E-state index in [-0.39, 0.29) is 35.9 Å². The van der Waals surface area contributed by atoms with Crippen LogP contribution in [0.3, 0.4) is 0 Å². The Morgan fingerprint density at radius 1 is 1.00 bits per heavy atom. The normalized spacial score (nSPS) is 23.0. The number of nitrogens with zero attached hydrogens (tertiary/aromatic N) is 1. The van der Waals surface area contributed by atoms with Crippen molar-refractivity contribution in [2.75, 3.05) is 0 Å². The summed E-state index contributed by atoms with van der Waals surface area (Å²) in [6.07, 6.45) is 3.43. The first kappa shape index (κ1) is 19.4. The van der Waals surface area contributed by atoms with Crippen LogP contribution in [-0.4, -0.2) is 35.0 Å². The summed E-state index contributed by atoms with van der Waals surface area (Å²) in [6.45, 7) is 2.55. The first-order valence-electron chi connectivity index (χ1n) is 10.2. The largest absolute Gasteiger partial charge is 0.349 e. The van der Waals surface area contributed by atoms with Gasteiger partial charge in [-0.25, -0.2) is 9.18 Å². The number of amides is 3. The number of hydrogen-bond donors (Lipinski definition) is 2. The van der Waals surface area contributed by atoms with Gasteiger partial charge < -0.3 is 15.5 Å². The predicted octanol–water partition coefficient (Wildman–Crippen LogP) is 3.77. The molecule has 2 aromatic rings. The van der Waals surface area contributed by atoms with Gasteiger partial charge in [0, 0.05) is 30.2 Å². The van der Waals surface area contributed by atoms with Crippen LogP contribution in [0.1, 0.15) is 47.2 Å². The van der Waals surface area contributed by atoms with Crippen LogP contribution < -0.4 is 10.6 Å². The van der Waals surface area contributed by atoms with Crippen LogP contribution >= 0.6 is 0 Å². The highest BCUT2D eigenvalue weighted by Crippen LogP contribution is 2.35. The summed E-state index contributed by atoms with van der Waals surface area (Å²) in [6, 6.07) is 14.0. The van der Waals surface area contributed by atoms with Gasteiger partial charge in [-0.1, -0.05) is 29.8 Å². The first-order chi connectivity index (χ1) is 14.0. The number of piperidine rings is 1. The fourth-order valence-electron chi connectivity index (χ4n) is 4.47. The molecule has 2 aromatic carbocycles. The number of benzene rings is 2. The maximum absolute atomic E-state index is 13.1. The van der Waals surface area contributed by atoms with Crippen molar-refractivity contribution in [2.24, 2.45) is 0 Å². The van der Waals surface area contributed by atoms with Crippen LogP contribution in [0.15, 0.2) is 48.5 Å². The van der Waals surface area contributed by atoms with Crippen LogP contribution in [0.5, 0.6) is 0 Å². The van der Waals surface area contributed by atoms with E-state index in [0.29, 0.717) is 12.1 Å². The van der Waals surface area contributed by atoms with Crippen molar-refractivity contribution in [3.63, 3.8) is 0 Å². The Balaban J connectivity index is 1.32. The minimum atomic E-state index is -0.357. The number of carbonyl (C=O) groups excluding carboxylic acids is 2. The Bertz CT molecular complexity index is 868. The molecule has 2 atom stereocenters. The van der Waals surface area contributed by atoms with E-state index in [2.05, 4.69) is 10.6 Å². The molecule has 3 amide bonds. The highest BCUT2D eigenvalue weighted by molar-refractivity contribution is 5.94. The molecule has 6 heteroatoms. The van der Waals surface area contributed by atoms with E-state index >= 15 is 0 Å². The van der Waals surface area contributed by atoms with Gasteiger partial charge in [0.1, 0.15) is 5.82 Å². The summed E-state index contributed by atoms with van der Waals surface area (Å²) in [5, 5.41) is 6.10. The molecule has 2 saturated heterocycles. The molecule has 2 bridgehead atoms. The zero-order valence-corrected chi connectivity index (χ0v) is 16.5. The van der Waals surface area contributed by atoms with E-state index in [0.717, 1.165) is 31.2 Å². The summed E-state index contributed by atoms with van der Waals surface area (Å²) in [7, 11) is 0. The van der Waals surface area contributed by atoms with Crippen LogP contribution in [0.4, 0.5) is 9.18 Å². The van der Waals surface area contributed by atoms with Gasteiger partial charge in [-0.2, -0.15) is 0 Å². The van der Waals surface area contributed by atoms with Crippen molar-refractivity contribution in [3.05, 3.63) is 71.0 Å². The Morgan fingerprint density at radius 2 is 1.62 bits per heavy atom. The second-order valence-corrected chi connectivity index (χ2v) is 8.09. The fourth-order valence-corrected chi connectivity index (χ4v) is 4.47. The van der Waals surface area contributed by atoms with Crippen molar-refractivity contribution in [2.45, 2.75) is 57.3 Å². The standard InChI is InChI=1S/C23H26FN3O2/c1-15-2-4-16(5-3-15)14-25-23(29)27-20-10-11-21(27)13-19(12-20)26-22(28)17-6-8-18(24)9-7-17/h2-9,19-21H,10-14H2,1H3,(H,25,29)(H,26,28). The Morgan fingerprint density at radius 3 is 2.24 bits per heavy atom. The number of nitrogens with one attached hydrogen (secondary N) is 2. The third kappa shape index (κ3) is 4.42. The summed E-state index contributed by atoms with van der Waals surface area (Å²) >= 11 is 0. The first-order valence-corrected chi connectivity index (χ1v) is 10.2. The van der Waals surface area contributed by atoms with Gasteiger partial charge in [0.2, 0.25) is 0 Å². The lowest BCUT2D eigenvalue weighted by atomic mass is 9.97. The third-order valence-electron chi connectivity index (χ3n) is 5.97. The Labute approximate surface area is 170 Å². The van der Waals surface area contributed by atoms with Gasteiger partial charge in [-0.3, -0.25) is 4.79 Å².